The first-order valence-electron chi connectivity index (χ1n) is 18.0. The van der Waals surface area contributed by atoms with E-state index in [0.717, 1.165) is 23.0 Å². The lowest BCUT2D eigenvalue weighted by Crippen LogP contribution is -2.55. The van der Waals surface area contributed by atoms with E-state index in [9.17, 15) is 0 Å². The van der Waals surface area contributed by atoms with Gasteiger partial charge >= 0.3 is 0 Å². The molecule has 238 valence electrons. The van der Waals surface area contributed by atoms with Gasteiger partial charge in [0.2, 0.25) is 0 Å². The molecule has 8 aromatic carbocycles. The number of hydrogen-bond donors (Lipinski definition) is 0. The van der Waals surface area contributed by atoms with Gasteiger partial charge in [0.15, 0.2) is 0 Å². The Morgan fingerprint density at radius 2 is 0.660 bits per heavy atom. The van der Waals surface area contributed by atoms with Crippen molar-refractivity contribution in [2.45, 2.75) is 39.5 Å². The number of para-hydroxylation sites is 4. The van der Waals surface area contributed by atoms with Crippen LogP contribution in [0.2, 0.25) is 0 Å². The van der Waals surface area contributed by atoms with Crippen molar-refractivity contribution in [1.29, 1.82) is 0 Å². The molecule has 0 atom stereocenters. The lowest BCUT2D eigenvalue weighted by molar-refractivity contribution is 0.487. The normalized spacial score (nSPS) is 13.4. The van der Waals surface area contributed by atoms with E-state index in [1.54, 1.807) is 0 Å². The molecule has 0 amide bonds. The van der Waals surface area contributed by atoms with Crippen LogP contribution in [0.4, 0.5) is 0 Å². The summed E-state index contributed by atoms with van der Waals surface area (Å²) < 4.78 is 13.0. The van der Waals surface area contributed by atoms with Gasteiger partial charge in [0.25, 0.3) is 13.4 Å². The van der Waals surface area contributed by atoms with Crippen LogP contribution in [0.5, 0.6) is 23.0 Å². The van der Waals surface area contributed by atoms with Crippen LogP contribution in [-0.2, 0) is 0 Å². The van der Waals surface area contributed by atoms with Crippen molar-refractivity contribution < 1.29 is 9.47 Å². The van der Waals surface area contributed by atoms with E-state index in [1.807, 2.05) is 0 Å². The molecule has 8 aromatic rings. The molecule has 0 fully saturated rings. The van der Waals surface area contributed by atoms with E-state index in [0.29, 0.717) is 11.8 Å². The average Bonchev–Trinajstić information content (AvgIpc) is 3.14. The van der Waals surface area contributed by atoms with E-state index >= 15 is 0 Å². The highest BCUT2D eigenvalue weighted by atomic mass is 16.5. The monoisotopic (exact) mass is 642 g/mol. The quantitative estimate of drug-likeness (QED) is 0.143. The predicted molar refractivity (Wildman–Crippen MR) is 214 cm³/mol. The molecule has 0 aliphatic carbocycles. The summed E-state index contributed by atoms with van der Waals surface area (Å²) in [5.74, 6) is 4.45. The Balaban J connectivity index is 1.35. The first-order chi connectivity index (χ1) is 24.5. The first-order valence-corrected chi connectivity index (χ1v) is 18.0. The Morgan fingerprint density at radius 3 is 0.980 bits per heavy atom. The third kappa shape index (κ3) is 4.18. The van der Waals surface area contributed by atoms with Crippen molar-refractivity contribution in [2.24, 2.45) is 0 Å². The minimum Gasteiger partial charge on any atom is -0.458 e. The summed E-state index contributed by atoms with van der Waals surface area (Å²) in [4.78, 5) is 0. The highest BCUT2D eigenvalue weighted by molar-refractivity contribution is 6.99. The first kappa shape index (κ1) is 29.4. The maximum absolute atomic E-state index is 6.50. The number of rotatable bonds is 4. The molecule has 0 unspecified atom stereocenters. The zero-order valence-electron chi connectivity index (χ0n) is 28.8. The van der Waals surface area contributed by atoms with Crippen LogP contribution in [0.3, 0.4) is 0 Å². The van der Waals surface area contributed by atoms with Crippen LogP contribution in [-0.4, -0.2) is 13.4 Å². The summed E-state index contributed by atoms with van der Waals surface area (Å²) in [6.45, 7) is 9.45. The van der Waals surface area contributed by atoms with Gasteiger partial charge in [-0.1, -0.05) is 148 Å². The van der Waals surface area contributed by atoms with Gasteiger partial charge in [0.05, 0.1) is 0 Å². The second kappa shape index (κ2) is 11.0. The highest BCUT2D eigenvalue weighted by Crippen LogP contribution is 2.41. The van der Waals surface area contributed by atoms with E-state index in [4.69, 9.17) is 9.47 Å². The molecule has 10 rings (SSSR count). The molecule has 2 heterocycles. The average molecular weight is 642 g/mol. The van der Waals surface area contributed by atoms with Gasteiger partial charge in [0, 0.05) is 0 Å². The van der Waals surface area contributed by atoms with Gasteiger partial charge in [0.1, 0.15) is 23.0 Å². The molecular formula is C46H36B2O2. The summed E-state index contributed by atoms with van der Waals surface area (Å²) in [5, 5.41) is 8.09. The number of fused-ring (bicyclic) bond motifs is 4. The minimum atomic E-state index is 0.0523. The Kier molecular flexibility index (Phi) is 6.49. The van der Waals surface area contributed by atoms with Crippen LogP contribution in [0, 0.1) is 0 Å². The van der Waals surface area contributed by atoms with Gasteiger partial charge in [-0.05, 0) is 101 Å². The van der Waals surface area contributed by atoms with Crippen molar-refractivity contribution in [3.63, 3.8) is 0 Å². The molecule has 0 radical (unpaired) electrons. The van der Waals surface area contributed by atoms with E-state index in [-0.39, 0.29) is 13.4 Å². The van der Waals surface area contributed by atoms with Gasteiger partial charge in [-0.3, -0.25) is 0 Å². The van der Waals surface area contributed by atoms with Gasteiger partial charge in [-0.15, -0.1) is 0 Å². The topological polar surface area (TPSA) is 18.5 Å². The summed E-state index contributed by atoms with van der Waals surface area (Å²) in [6.07, 6.45) is 0. The molecule has 0 bridgehead atoms. The summed E-state index contributed by atoms with van der Waals surface area (Å²) >= 11 is 0. The second-order valence-corrected chi connectivity index (χ2v) is 14.7. The molecule has 0 N–H and O–H groups in total. The Hall–Kier alpha value is -5.47. The van der Waals surface area contributed by atoms with Crippen molar-refractivity contribution in [1.82, 2.24) is 0 Å². The molecule has 2 aliphatic heterocycles. The molecule has 0 aromatic heterocycles. The maximum atomic E-state index is 6.50. The third-order valence-corrected chi connectivity index (χ3v) is 11.3. The SMILES string of the molecule is CC(C)c1cc(B2c3ccccc3Oc3ccccc32)c2ccc3c(C(C)C)cc(B4c5ccccc5Oc5ccccc54)c4ccc1c2c43. The standard InChI is InChI=1S/C46H36B2O2/c1-27(2)33-25-39(47-35-13-5-9-17-41(35)49-42-18-10-6-14-36(42)47)31-24-22-30-34(28(3)4)26-40(32-23-21-29(33)45(31)46(30)32)48-37-15-7-11-19-43(37)50-44-20-12-8-16-38(44)48/h5-28H,1-4H3. The predicted octanol–water partition coefficient (Wildman–Crippen LogP) is 8.07. The Bertz CT molecular complexity index is 2360. The zero-order chi connectivity index (χ0) is 33.7. The molecule has 4 heteroatoms. The zero-order valence-corrected chi connectivity index (χ0v) is 28.8. The summed E-state index contributed by atoms with van der Waals surface area (Å²) in [5.41, 5.74) is 10.3. The fraction of sp³-hybridized carbons (Fsp3) is 0.130. The lowest BCUT2D eigenvalue weighted by atomic mass is 9.34. The fourth-order valence-corrected chi connectivity index (χ4v) is 9.03. The number of benzene rings is 8. The van der Waals surface area contributed by atoms with Crippen LogP contribution in [0.25, 0.3) is 32.3 Å². The lowest BCUT2D eigenvalue weighted by Gasteiger charge is -2.30. The van der Waals surface area contributed by atoms with Crippen molar-refractivity contribution >= 4 is 78.5 Å². The summed E-state index contributed by atoms with van der Waals surface area (Å²) in [7, 11) is 0. The smallest absolute Gasteiger partial charge is 0.251 e. The van der Waals surface area contributed by atoms with Crippen molar-refractivity contribution in [3.8, 4) is 23.0 Å². The molecule has 0 saturated carbocycles. The number of ether oxygens (including phenoxy) is 2. The fourth-order valence-electron chi connectivity index (χ4n) is 9.03. The number of hydrogen-bond acceptors (Lipinski definition) is 2. The van der Waals surface area contributed by atoms with Gasteiger partial charge in [-0.2, -0.15) is 0 Å². The van der Waals surface area contributed by atoms with Crippen LogP contribution in [0.1, 0.15) is 50.7 Å². The Morgan fingerprint density at radius 1 is 0.360 bits per heavy atom. The van der Waals surface area contributed by atoms with Crippen molar-refractivity contribution in [3.05, 3.63) is 145 Å². The second-order valence-electron chi connectivity index (χ2n) is 14.7. The molecule has 0 spiro atoms. The molecule has 2 nitrogen and oxygen atoms in total. The molecule has 50 heavy (non-hydrogen) atoms. The van der Waals surface area contributed by atoms with Crippen LogP contribution >= 0.6 is 0 Å². The Labute approximate surface area is 294 Å². The summed E-state index contributed by atoms with van der Waals surface area (Å²) in [6, 6.07) is 49.0. The maximum Gasteiger partial charge on any atom is 0.251 e. The molecular weight excluding hydrogens is 606 g/mol. The van der Waals surface area contributed by atoms with E-state index in [1.165, 1.54) is 76.2 Å². The molecule has 2 aliphatic rings. The van der Waals surface area contributed by atoms with Gasteiger partial charge in [-0.25, -0.2) is 0 Å². The van der Waals surface area contributed by atoms with E-state index < -0.39 is 0 Å². The third-order valence-electron chi connectivity index (χ3n) is 11.3. The largest absolute Gasteiger partial charge is 0.458 e. The highest BCUT2D eigenvalue weighted by Gasteiger charge is 2.36. The minimum absolute atomic E-state index is 0.0523. The van der Waals surface area contributed by atoms with Crippen molar-refractivity contribution in [2.75, 3.05) is 0 Å². The van der Waals surface area contributed by atoms with Crippen LogP contribution in [0.15, 0.2) is 133 Å². The van der Waals surface area contributed by atoms with Gasteiger partial charge < -0.3 is 9.47 Å². The van der Waals surface area contributed by atoms with Crippen LogP contribution < -0.4 is 42.3 Å². The molecule has 0 saturated heterocycles. The van der Waals surface area contributed by atoms with E-state index in [2.05, 4.69) is 161 Å².